The summed E-state index contributed by atoms with van der Waals surface area (Å²) in [6.07, 6.45) is 0. The molecule has 0 aliphatic heterocycles. The Balaban J connectivity index is 2.19. The standard InChI is InChI=1S/C10H14N6O2/c1-4(2)7-6(11)8(15-14-7)9(17)12-10-16-13-5(3)18-10/h4H,11H2,1-3H3,(H,14,15)(H,12,16,17). The van der Waals surface area contributed by atoms with Crippen LogP contribution < -0.4 is 11.1 Å². The van der Waals surface area contributed by atoms with Crippen LogP contribution in [-0.2, 0) is 0 Å². The summed E-state index contributed by atoms with van der Waals surface area (Å²) < 4.78 is 5.04. The maximum Gasteiger partial charge on any atom is 0.322 e. The van der Waals surface area contributed by atoms with Crippen LogP contribution in [-0.4, -0.2) is 26.3 Å². The fraction of sp³-hybridized carbons (Fsp3) is 0.400. The number of hydrogen-bond acceptors (Lipinski definition) is 6. The van der Waals surface area contributed by atoms with Crippen molar-refractivity contribution in [1.82, 2.24) is 20.4 Å². The van der Waals surface area contributed by atoms with Crippen molar-refractivity contribution in [3.05, 3.63) is 17.3 Å². The molecule has 1 amide bonds. The molecule has 0 saturated heterocycles. The number of rotatable bonds is 3. The minimum absolute atomic E-state index is 0.0194. The molecule has 18 heavy (non-hydrogen) atoms. The Morgan fingerprint density at radius 1 is 1.44 bits per heavy atom. The second-order valence-electron chi connectivity index (χ2n) is 4.13. The number of anilines is 2. The van der Waals surface area contributed by atoms with Crippen LogP contribution in [0.1, 0.15) is 41.8 Å². The second kappa shape index (κ2) is 4.47. The van der Waals surface area contributed by atoms with E-state index in [1.807, 2.05) is 13.8 Å². The maximum absolute atomic E-state index is 11.9. The van der Waals surface area contributed by atoms with Crippen molar-refractivity contribution in [2.75, 3.05) is 11.1 Å². The third-order valence-corrected chi connectivity index (χ3v) is 2.37. The van der Waals surface area contributed by atoms with Gasteiger partial charge < -0.3 is 10.2 Å². The molecule has 0 aliphatic rings. The Hall–Kier alpha value is -2.38. The number of nitrogen functional groups attached to an aromatic ring is 1. The number of aryl methyl sites for hydroxylation is 1. The van der Waals surface area contributed by atoms with Gasteiger partial charge in [-0.25, -0.2) is 0 Å². The van der Waals surface area contributed by atoms with Gasteiger partial charge in [-0.3, -0.25) is 15.2 Å². The average Bonchev–Trinajstić information content (AvgIpc) is 2.85. The maximum atomic E-state index is 11.9. The molecule has 2 aromatic heterocycles. The molecule has 0 radical (unpaired) electrons. The third-order valence-electron chi connectivity index (χ3n) is 2.37. The second-order valence-corrected chi connectivity index (χ2v) is 4.13. The number of H-pyrrole nitrogens is 1. The Kier molecular flexibility index (Phi) is 3.00. The Morgan fingerprint density at radius 3 is 2.67 bits per heavy atom. The van der Waals surface area contributed by atoms with Gasteiger partial charge in [0.05, 0.1) is 11.4 Å². The number of nitrogens with two attached hydrogens (primary N) is 1. The monoisotopic (exact) mass is 250 g/mol. The van der Waals surface area contributed by atoms with Gasteiger partial charge in [0.25, 0.3) is 5.91 Å². The van der Waals surface area contributed by atoms with Crippen LogP contribution in [0.4, 0.5) is 11.7 Å². The number of nitrogens with zero attached hydrogens (tertiary/aromatic N) is 3. The van der Waals surface area contributed by atoms with Crippen molar-refractivity contribution < 1.29 is 9.21 Å². The lowest BCUT2D eigenvalue weighted by Crippen LogP contribution is -2.14. The number of nitrogens with one attached hydrogen (secondary N) is 2. The molecule has 2 aromatic rings. The van der Waals surface area contributed by atoms with Crippen LogP contribution in [0.5, 0.6) is 0 Å². The average molecular weight is 250 g/mol. The summed E-state index contributed by atoms with van der Waals surface area (Å²) in [6.45, 7) is 5.53. The van der Waals surface area contributed by atoms with Crippen LogP contribution in [0.25, 0.3) is 0 Å². The number of carbonyl (C=O) groups excluding carboxylic acids is 1. The highest BCUT2D eigenvalue weighted by molar-refractivity contribution is 6.05. The lowest BCUT2D eigenvalue weighted by molar-refractivity contribution is 0.102. The highest BCUT2D eigenvalue weighted by Gasteiger charge is 2.20. The molecule has 0 unspecified atom stereocenters. The van der Waals surface area contributed by atoms with E-state index in [0.29, 0.717) is 11.6 Å². The first kappa shape index (κ1) is 12.1. The Morgan fingerprint density at radius 2 is 2.17 bits per heavy atom. The minimum Gasteiger partial charge on any atom is -0.408 e. The molecule has 0 spiro atoms. The molecule has 0 atom stereocenters. The van der Waals surface area contributed by atoms with Crippen LogP contribution in [0.3, 0.4) is 0 Å². The van der Waals surface area contributed by atoms with Gasteiger partial charge >= 0.3 is 6.01 Å². The summed E-state index contributed by atoms with van der Waals surface area (Å²) in [7, 11) is 0. The Bertz CT molecular complexity index is 571. The minimum atomic E-state index is -0.487. The zero-order chi connectivity index (χ0) is 13.3. The van der Waals surface area contributed by atoms with Gasteiger partial charge in [-0.2, -0.15) is 5.10 Å². The van der Waals surface area contributed by atoms with Crippen LogP contribution >= 0.6 is 0 Å². The third kappa shape index (κ3) is 2.17. The molecule has 96 valence electrons. The topological polar surface area (TPSA) is 123 Å². The summed E-state index contributed by atoms with van der Waals surface area (Å²) in [5.41, 5.74) is 7.02. The van der Waals surface area contributed by atoms with E-state index in [1.54, 1.807) is 6.92 Å². The number of hydrogen-bond donors (Lipinski definition) is 3. The van der Waals surface area contributed by atoms with Crippen molar-refractivity contribution >= 4 is 17.6 Å². The van der Waals surface area contributed by atoms with E-state index < -0.39 is 5.91 Å². The first-order valence-electron chi connectivity index (χ1n) is 5.44. The van der Waals surface area contributed by atoms with Crippen LogP contribution in [0.15, 0.2) is 4.42 Å². The van der Waals surface area contributed by atoms with Gasteiger partial charge in [-0.1, -0.05) is 18.9 Å². The van der Waals surface area contributed by atoms with E-state index in [1.165, 1.54) is 0 Å². The zero-order valence-electron chi connectivity index (χ0n) is 10.3. The molecule has 0 saturated carbocycles. The largest absolute Gasteiger partial charge is 0.408 e. The van der Waals surface area contributed by atoms with E-state index >= 15 is 0 Å². The molecule has 0 aliphatic carbocycles. The van der Waals surface area contributed by atoms with Gasteiger partial charge in [0.1, 0.15) is 0 Å². The van der Waals surface area contributed by atoms with E-state index in [2.05, 4.69) is 25.7 Å². The highest BCUT2D eigenvalue weighted by Crippen LogP contribution is 2.22. The quantitative estimate of drug-likeness (QED) is 0.748. The van der Waals surface area contributed by atoms with Crippen molar-refractivity contribution in [2.45, 2.75) is 26.7 Å². The lowest BCUT2D eigenvalue weighted by Gasteiger charge is -2.02. The fourth-order valence-corrected chi connectivity index (χ4v) is 1.48. The first-order valence-corrected chi connectivity index (χ1v) is 5.44. The number of amides is 1. The summed E-state index contributed by atoms with van der Waals surface area (Å²) in [6, 6.07) is 0.0194. The lowest BCUT2D eigenvalue weighted by atomic mass is 10.1. The van der Waals surface area contributed by atoms with Crippen LogP contribution in [0.2, 0.25) is 0 Å². The van der Waals surface area contributed by atoms with Crippen molar-refractivity contribution in [1.29, 1.82) is 0 Å². The Labute approximate surface area is 103 Å². The summed E-state index contributed by atoms with van der Waals surface area (Å²) in [5, 5.41) is 16.3. The number of aromatic amines is 1. The molecule has 0 fully saturated rings. The van der Waals surface area contributed by atoms with Crippen molar-refractivity contribution in [3.63, 3.8) is 0 Å². The number of aromatic nitrogens is 4. The van der Waals surface area contributed by atoms with Gasteiger partial charge in [0, 0.05) is 6.92 Å². The summed E-state index contributed by atoms with van der Waals surface area (Å²) in [5.74, 6) is 0.0344. The predicted octanol–water partition coefficient (Wildman–Crippen LogP) is 1.06. The van der Waals surface area contributed by atoms with Crippen LogP contribution in [0, 0.1) is 6.92 Å². The first-order chi connectivity index (χ1) is 8.49. The fourth-order valence-electron chi connectivity index (χ4n) is 1.48. The molecule has 8 nitrogen and oxygen atoms in total. The molecule has 0 bridgehead atoms. The van der Waals surface area contributed by atoms with E-state index in [9.17, 15) is 4.79 Å². The summed E-state index contributed by atoms with van der Waals surface area (Å²) in [4.78, 5) is 11.9. The van der Waals surface area contributed by atoms with Gasteiger partial charge in [-0.15, -0.1) is 5.10 Å². The van der Waals surface area contributed by atoms with Gasteiger partial charge in [-0.05, 0) is 5.92 Å². The highest BCUT2D eigenvalue weighted by atomic mass is 16.4. The van der Waals surface area contributed by atoms with E-state index in [4.69, 9.17) is 10.2 Å². The van der Waals surface area contributed by atoms with E-state index in [0.717, 1.165) is 5.69 Å². The van der Waals surface area contributed by atoms with Crippen molar-refractivity contribution in [2.24, 2.45) is 0 Å². The molecule has 8 heteroatoms. The number of carbonyl (C=O) groups is 1. The van der Waals surface area contributed by atoms with Crippen molar-refractivity contribution in [3.8, 4) is 0 Å². The SMILES string of the molecule is Cc1nnc(NC(=O)c2n[nH]c(C(C)C)c2N)o1. The molecular formula is C10H14N6O2. The zero-order valence-corrected chi connectivity index (χ0v) is 10.3. The molecule has 4 N–H and O–H groups in total. The molecule has 2 rings (SSSR count). The van der Waals surface area contributed by atoms with Gasteiger partial charge in [0.15, 0.2) is 5.69 Å². The smallest absolute Gasteiger partial charge is 0.322 e. The van der Waals surface area contributed by atoms with Gasteiger partial charge in [0.2, 0.25) is 5.89 Å². The molecule has 0 aromatic carbocycles. The molecular weight excluding hydrogens is 236 g/mol. The predicted molar refractivity (Wildman–Crippen MR) is 64.1 cm³/mol. The van der Waals surface area contributed by atoms with E-state index in [-0.39, 0.29) is 17.6 Å². The molecule has 2 heterocycles. The summed E-state index contributed by atoms with van der Waals surface area (Å²) >= 11 is 0. The normalized spacial score (nSPS) is 10.9.